The highest BCUT2D eigenvalue weighted by Crippen LogP contribution is 2.20. The van der Waals surface area contributed by atoms with E-state index in [2.05, 4.69) is 5.10 Å². The maximum atomic E-state index is 12.7. The van der Waals surface area contributed by atoms with Gasteiger partial charge in [-0.2, -0.15) is 5.10 Å². The Morgan fingerprint density at radius 3 is 2.45 bits per heavy atom. The maximum absolute atomic E-state index is 12.7. The number of aromatic nitrogens is 2. The first-order chi connectivity index (χ1) is 9.10. The average Bonchev–Trinajstić information content (AvgIpc) is 2.66. The third kappa shape index (κ3) is 4.48. The summed E-state index contributed by atoms with van der Waals surface area (Å²) in [4.78, 5) is 23.0. The summed E-state index contributed by atoms with van der Waals surface area (Å²) >= 11 is 0. The van der Waals surface area contributed by atoms with Gasteiger partial charge in [0.25, 0.3) is 12.3 Å². The second-order valence-electron chi connectivity index (χ2n) is 4.98. The van der Waals surface area contributed by atoms with Crippen molar-refractivity contribution in [1.82, 2.24) is 20.6 Å². The number of ether oxygens (including phenoxy) is 1. The quantitative estimate of drug-likeness (QED) is 0.809. The largest absolute Gasteiger partial charge is 0.443 e. The van der Waals surface area contributed by atoms with Crippen molar-refractivity contribution in [2.24, 2.45) is 7.05 Å². The molecule has 0 aliphatic rings. The molecule has 0 aromatic carbocycles. The number of alkyl halides is 2. The van der Waals surface area contributed by atoms with Gasteiger partial charge in [0.1, 0.15) is 11.3 Å². The van der Waals surface area contributed by atoms with Gasteiger partial charge in [0.15, 0.2) is 0 Å². The van der Waals surface area contributed by atoms with E-state index in [4.69, 9.17) is 4.74 Å². The van der Waals surface area contributed by atoms with E-state index in [1.165, 1.54) is 7.05 Å². The second-order valence-corrected chi connectivity index (χ2v) is 4.98. The molecule has 0 radical (unpaired) electrons. The molecule has 1 rings (SSSR count). The van der Waals surface area contributed by atoms with Crippen LogP contribution >= 0.6 is 0 Å². The number of hydrazine groups is 1. The minimum absolute atomic E-state index is 0.321. The van der Waals surface area contributed by atoms with Crippen LogP contribution in [-0.2, 0) is 11.8 Å². The molecular formula is C11H16F2N4O3. The van der Waals surface area contributed by atoms with Gasteiger partial charge in [0.05, 0.1) is 5.56 Å². The number of carbonyl (C=O) groups excluding carboxylic acids is 2. The summed E-state index contributed by atoms with van der Waals surface area (Å²) in [5.41, 5.74) is 2.23. The van der Waals surface area contributed by atoms with Gasteiger partial charge in [-0.3, -0.25) is 14.9 Å². The van der Waals surface area contributed by atoms with Crippen LogP contribution in [-0.4, -0.2) is 27.4 Å². The maximum Gasteiger partial charge on any atom is 0.426 e. The molecule has 20 heavy (non-hydrogen) atoms. The lowest BCUT2D eigenvalue weighted by molar-refractivity contribution is 0.0483. The summed E-state index contributed by atoms with van der Waals surface area (Å²) in [5, 5.41) is 3.48. The Labute approximate surface area is 114 Å². The van der Waals surface area contributed by atoms with Crippen LogP contribution in [0.5, 0.6) is 0 Å². The van der Waals surface area contributed by atoms with E-state index >= 15 is 0 Å². The van der Waals surface area contributed by atoms with E-state index in [9.17, 15) is 18.4 Å². The van der Waals surface area contributed by atoms with Crippen molar-refractivity contribution in [3.8, 4) is 0 Å². The van der Waals surface area contributed by atoms with E-state index in [-0.39, 0.29) is 5.56 Å². The standard InChI is InChI=1S/C11H16F2N4O3/c1-11(2,3)20-10(19)15-14-9(18)6-5-17(4)16-7(6)8(12)13/h5,8H,1-4H3,(H,14,18)(H,15,19). The number of hydrogen-bond acceptors (Lipinski definition) is 4. The highest BCUT2D eigenvalue weighted by molar-refractivity contribution is 5.95. The molecule has 9 heteroatoms. The van der Waals surface area contributed by atoms with E-state index in [1.807, 2.05) is 10.9 Å². The van der Waals surface area contributed by atoms with Gasteiger partial charge in [0, 0.05) is 13.2 Å². The lowest BCUT2D eigenvalue weighted by atomic mass is 10.2. The Bertz CT molecular complexity index is 508. The van der Waals surface area contributed by atoms with Crippen LogP contribution in [0.15, 0.2) is 6.20 Å². The summed E-state index contributed by atoms with van der Waals surface area (Å²) in [5.74, 6) is -0.903. The first-order valence-electron chi connectivity index (χ1n) is 5.71. The smallest absolute Gasteiger partial charge is 0.426 e. The lowest BCUT2D eigenvalue weighted by Crippen LogP contribution is -2.44. The van der Waals surface area contributed by atoms with Gasteiger partial charge in [-0.25, -0.2) is 19.0 Å². The molecule has 1 heterocycles. The lowest BCUT2D eigenvalue weighted by Gasteiger charge is -2.19. The van der Waals surface area contributed by atoms with E-state index in [0.717, 1.165) is 10.9 Å². The van der Waals surface area contributed by atoms with Crippen molar-refractivity contribution in [3.05, 3.63) is 17.5 Å². The SMILES string of the molecule is Cn1cc(C(=O)NNC(=O)OC(C)(C)C)c(C(F)F)n1. The number of halogens is 2. The number of hydrogen-bond donors (Lipinski definition) is 2. The number of nitrogens with one attached hydrogen (secondary N) is 2. The zero-order valence-electron chi connectivity index (χ0n) is 11.5. The Balaban J connectivity index is 2.66. The molecule has 0 unspecified atom stereocenters. The molecule has 1 aromatic rings. The van der Waals surface area contributed by atoms with E-state index in [1.54, 1.807) is 20.8 Å². The predicted molar refractivity (Wildman–Crippen MR) is 65.0 cm³/mol. The normalized spacial score (nSPS) is 11.3. The summed E-state index contributed by atoms with van der Waals surface area (Å²) in [7, 11) is 1.41. The molecule has 0 atom stereocenters. The van der Waals surface area contributed by atoms with Crippen molar-refractivity contribution in [2.45, 2.75) is 32.8 Å². The van der Waals surface area contributed by atoms with Crippen molar-refractivity contribution >= 4 is 12.0 Å². The molecule has 0 fully saturated rings. The Morgan fingerprint density at radius 2 is 1.95 bits per heavy atom. The number of amides is 2. The average molecular weight is 290 g/mol. The fraction of sp³-hybridized carbons (Fsp3) is 0.545. The fourth-order valence-electron chi connectivity index (χ4n) is 1.32. The van der Waals surface area contributed by atoms with Crippen LogP contribution in [0.4, 0.5) is 13.6 Å². The monoisotopic (exact) mass is 290 g/mol. The fourth-order valence-corrected chi connectivity index (χ4v) is 1.32. The minimum Gasteiger partial charge on any atom is -0.443 e. The third-order valence-electron chi connectivity index (χ3n) is 1.99. The molecule has 1 aromatic heterocycles. The number of rotatable bonds is 2. The van der Waals surface area contributed by atoms with Crippen LogP contribution in [0.1, 0.15) is 43.2 Å². The second kappa shape index (κ2) is 5.85. The van der Waals surface area contributed by atoms with Gasteiger partial charge in [-0.05, 0) is 20.8 Å². The molecule has 0 aliphatic heterocycles. The number of aryl methyl sites for hydroxylation is 1. The van der Waals surface area contributed by atoms with Gasteiger partial charge < -0.3 is 4.74 Å². The van der Waals surface area contributed by atoms with Gasteiger partial charge in [-0.15, -0.1) is 0 Å². The Hall–Kier alpha value is -2.19. The van der Waals surface area contributed by atoms with Crippen molar-refractivity contribution in [3.63, 3.8) is 0 Å². The molecular weight excluding hydrogens is 274 g/mol. The van der Waals surface area contributed by atoms with Crippen molar-refractivity contribution in [2.75, 3.05) is 0 Å². The Morgan fingerprint density at radius 1 is 1.35 bits per heavy atom. The highest BCUT2D eigenvalue weighted by Gasteiger charge is 2.23. The molecule has 0 spiro atoms. The molecule has 0 aliphatic carbocycles. The topological polar surface area (TPSA) is 85.2 Å². The van der Waals surface area contributed by atoms with Crippen molar-refractivity contribution < 1.29 is 23.1 Å². The number of nitrogens with zero attached hydrogens (tertiary/aromatic N) is 2. The molecule has 0 saturated heterocycles. The zero-order valence-corrected chi connectivity index (χ0v) is 11.5. The van der Waals surface area contributed by atoms with E-state index < -0.39 is 29.7 Å². The third-order valence-corrected chi connectivity index (χ3v) is 1.99. The van der Waals surface area contributed by atoms with Crippen LogP contribution in [0, 0.1) is 0 Å². The summed E-state index contributed by atoms with van der Waals surface area (Å²) in [6, 6.07) is 0. The first kappa shape index (κ1) is 15.9. The summed E-state index contributed by atoms with van der Waals surface area (Å²) in [6.07, 6.45) is -2.65. The summed E-state index contributed by atoms with van der Waals surface area (Å²) in [6.45, 7) is 4.93. The van der Waals surface area contributed by atoms with Gasteiger partial charge >= 0.3 is 6.09 Å². The zero-order chi connectivity index (χ0) is 15.5. The molecule has 2 N–H and O–H groups in total. The highest BCUT2D eigenvalue weighted by atomic mass is 19.3. The minimum atomic E-state index is -2.89. The predicted octanol–water partition coefficient (Wildman–Crippen LogP) is 1.53. The van der Waals surface area contributed by atoms with Gasteiger partial charge in [-0.1, -0.05) is 0 Å². The summed E-state index contributed by atoms with van der Waals surface area (Å²) < 4.78 is 31.3. The van der Waals surface area contributed by atoms with Crippen LogP contribution in [0.25, 0.3) is 0 Å². The number of carbonyl (C=O) groups is 2. The molecule has 0 saturated carbocycles. The van der Waals surface area contributed by atoms with Crippen LogP contribution < -0.4 is 10.9 Å². The molecule has 112 valence electrons. The van der Waals surface area contributed by atoms with Crippen molar-refractivity contribution in [1.29, 1.82) is 0 Å². The molecule has 2 amide bonds. The first-order valence-corrected chi connectivity index (χ1v) is 5.71. The molecule has 0 bridgehead atoms. The molecule has 7 nitrogen and oxygen atoms in total. The Kier molecular flexibility index (Phi) is 4.64. The van der Waals surface area contributed by atoms with E-state index in [0.29, 0.717) is 0 Å². The van der Waals surface area contributed by atoms with Crippen LogP contribution in [0.3, 0.4) is 0 Å². The van der Waals surface area contributed by atoms with Crippen LogP contribution in [0.2, 0.25) is 0 Å². The van der Waals surface area contributed by atoms with Gasteiger partial charge in [0.2, 0.25) is 0 Å².